The number of nitrogens with zero attached hydrogens (tertiary/aromatic N) is 3. The first kappa shape index (κ1) is 18.4. The molecule has 0 bridgehead atoms. The first-order valence-corrected chi connectivity index (χ1v) is 8.70. The summed E-state index contributed by atoms with van der Waals surface area (Å²) in [6, 6.07) is 9.48. The number of nitrogens with one attached hydrogen (secondary N) is 1. The molecule has 1 aliphatic heterocycles. The Labute approximate surface area is 149 Å². The molecule has 2 atom stereocenters. The van der Waals surface area contributed by atoms with Crippen LogP contribution < -0.4 is 5.32 Å². The lowest BCUT2D eigenvalue weighted by Crippen LogP contribution is -2.33. The quantitative estimate of drug-likeness (QED) is 0.884. The van der Waals surface area contributed by atoms with Crippen molar-refractivity contribution in [2.75, 3.05) is 0 Å². The van der Waals surface area contributed by atoms with Crippen LogP contribution in [0.1, 0.15) is 42.9 Å². The molecule has 1 amide bonds. The third-order valence-electron chi connectivity index (χ3n) is 4.84. The van der Waals surface area contributed by atoms with Crippen molar-refractivity contribution in [2.45, 2.75) is 51.4 Å². The van der Waals surface area contributed by atoms with E-state index in [-0.39, 0.29) is 37.8 Å². The first-order chi connectivity index (χ1) is 12.4. The summed E-state index contributed by atoms with van der Waals surface area (Å²) in [5.74, 6) is -0.936. The molecule has 2 aromatic rings. The summed E-state index contributed by atoms with van der Waals surface area (Å²) >= 11 is 0. The molecule has 0 fully saturated rings. The predicted molar refractivity (Wildman–Crippen MR) is 89.2 cm³/mol. The smallest absolute Gasteiger partial charge is 0.348 e. The van der Waals surface area contributed by atoms with Crippen molar-refractivity contribution in [1.29, 1.82) is 0 Å². The van der Waals surface area contributed by atoms with E-state index in [4.69, 9.17) is 0 Å². The molecule has 0 aliphatic carbocycles. The Morgan fingerprint density at radius 1 is 1.31 bits per heavy atom. The number of halogens is 3. The topological polar surface area (TPSA) is 59.8 Å². The summed E-state index contributed by atoms with van der Waals surface area (Å²) < 4.78 is 40.3. The molecule has 26 heavy (non-hydrogen) atoms. The number of fused-ring (bicyclic) bond motifs is 1. The Hall–Kier alpha value is -2.38. The number of benzene rings is 1. The molecule has 8 heteroatoms. The van der Waals surface area contributed by atoms with E-state index in [9.17, 15) is 18.0 Å². The number of carbonyl (C=O) groups is 1. The summed E-state index contributed by atoms with van der Waals surface area (Å²) in [6.45, 7) is 2.31. The van der Waals surface area contributed by atoms with E-state index in [2.05, 4.69) is 15.5 Å². The van der Waals surface area contributed by atoms with E-state index < -0.39 is 12.1 Å². The molecule has 2 heterocycles. The van der Waals surface area contributed by atoms with Gasteiger partial charge < -0.3 is 9.88 Å². The van der Waals surface area contributed by atoms with Crippen molar-refractivity contribution >= 4 is 5.91 Å². The van der Waals surface area contributed by atoms with Gasteiger partial charge in [0.1, 0.15) is 5.82 Å². The molecule has 1 aromatic heterocycles. The molecule has 140 valence electrons. The van der Waals surface area contributed by atoms with E-state index >= 15 is 0 Å². The maximum absolute atomic E-state index is 12.9. The highest BCUT2D eigenvalue weighted by atomic mass is 19.4. The summed E-state index contributed by atoms with van der Waals surface area (Å²) in [7, 11) is 0. The lowest BCUT2D eigenvalue weighted by molar-refractivity contribution is -0.179. The van der Waals surface area contributed by atoms with Gasteiger partial charge in [0.15, 0.2) is 5.82 Å². The van der Waals surface area contributed by atoms with Gasteiger partial charge in [-0.1, -0.05) is 37.3 Å². The summed E-state index contributed by atoms with van der Waals surface area (Å²) in [4.78, 5) is 12.5. The van der Waals surface area contributed by atoms with E-state index in [1.165, 1.54) is 0 Å². The Balaban J connectivity index is 1.64. The second-order valence-corrected chi connectivity index (χ2v) is 6.50. The SMILES string of the molecule is CC[C@@H](C(=O)NCc1nnc2n1CC[C@H](C(F)(F)F)C2)c1ccccc1. The normalized spacial score (nSPS) is 18.2. The summed E-state index contributed by atoms with van der Waals surface area (Å²) in [5, 5.41) is 10.7. The van der Waals surface area contributed by atoms with Gasteiger partial charge in [0.2, 0.25) is 5.91 Å². The Morgan fingerprint density at radius 2 is 2.04 bits per heavy atom. The van der Waals surface area contributed by atoms with Crippen molar-refractivity contribution in [3.63, 3.8) is 0 Å². The van der Waals surface area contributed by atoms with E-state index in [0.29, 0.717) is 18.1 Å². The van der Waals surface area contributed by atoms with Gasteiger partial charge in [-0.25, -0.2) is 0 Å². The van der Waals surface area contributed by atoms with Crippen LogP contribution >= 0.6 is 0 Å². The maximum Gasteiger partial charge on any atom is 0.392 e. The number of amides is 1. The van der Waals surface area contributed by atoms with Crippen molar-refractivity contribution in [3.05, 3.63) is 47.5 Å². The molecule has 0 radical (unpaired) electrons. The molecule has 0 saturated carbocycles. The van der Waals surface area contributed by atoms with Gasteiger partial charge in [0.05, 0.1) is 18.4 Å². The molecule has 3 rings (SSSR count). The van der Waals surface area contributed by atoms with Gasteiger partial charge in [-0.05, 0) is 18.4 Å². The highest BCUT2D eigenvalue weighted by molar-refractivity contribution is 5.83. The molecule has 1 aliphatic rings. The van der Waals surface area contributed by atoms with Crippen molar-refractivity contribution in [2.24, 2.45) is 5.92 Å². The predicted octanol–water partition coefficient (Wildman–Crippen LogP) is 3.21. The molecule has 1 N–H and O–H groups in total. The van der Waals surface area contributed by atoms with Gasteiger partial charge in [-0.15, -0.1) is 10.2 Å². The van der Waals surface area contributed by atoms with Crippen LogP contribution in [0.2, 0.25) is 0 Å². The average molecular weight is 366 g/mol. The van der Waals surface area contributed by atoms with Crippen molar-refractivity contribution < 1.29 is 18.0 Å². The molecule has 1 aromatic carbocycles. The van der Waals surface area contributed by atoms with Gasteiger partial charge in [0.25, 0.3) is 0 Å². The Bertz CT molecular complexity index is 758. The van der Waals surface area contributed by atoms with Crippen LogP contribution in [-0.2, 0) is 24.3 Å². The third-order valence-corrected chi connectivity index (χ3v) is 4.84. The van der Waals surface area contributed by atoms with Crippen molar-refractivity contribution in [1.82, 2.24) is 20.1 Å². The van der Waals surface area contributed by atoms with Crippen LogP contribution in [0.25, 0.3) is 0 Å². The van der Waals surface area contributed by atoms with Crippen LogP contribution in [0.15, 0.2) is 30.3 Å². The highest BCUT2D eigenvalue weighted by Gasteiger charge is 2.42. The molecule has 5 nitrogen and oxygen atoms in total. The van der Waals surface area contributed by atoms with E-state index in [1.54, 1.807) is 4.57 Å². The fourth-order valence-corrected chi connectivity index (χ4v) is 3.35. The minimum Gasteiger partial charge on any atom is -0.348 e. The van der Waals surface area contributed by atoms with Crippen LogP contribution in [0.4, 0.5) is 13.2 Å². The van der Waals surface area contributed by atoms with Gasteiger partial charge in [-0.2, -0.15) is 13.2 Å². The third kappa shape index (κ3) is 3.89. The molecular weight excluding hydrogens is 345 g/mol. The number of carbonyl (C=O) groups excluding carboxylic acids is 1. The zero-order valence-electron chi connectivity index (χ0n) is 14.5. The van der Waals surface area contributed by atoms with Crippen LogP contribution in [0, 0.1) is 5.92 Å². The standard InChI is InChI=1S/C18H21F3N4O/c1-2-14(12-6-4-3-5-7-12)17(26)22-11-16-24-23-15-10-13(18(19,20)21)8-9-25(15)16/h3-7,13-14H,2,8-11H2,1H3,(H,22,26)/t13-,14+/m0/s1. The summed E-state index contributed by atoms with van der Waals surface area (Å²) in [6.07, 6.45) is -3.71. The minimum absolute atomic E-state index is 0.0110. The number of aromatic nitrogens is 3. The van der Waals surface area contributed by atoms with Crippen LogP contribution in [0.5, 0.6) is 0 Å². The lowest BCUT2D eigenvalue weighted by Gasteiger charge is -2.25. The fourth-order valence-electron chi connectivity index (χ4n) is 3.35. The zero-order chi connectivity index (χ0) is 18.7. The van der Waals surface area contributed by atoms with E-state index in [0.717, 1.165) is 5.56 Å². The molecule has 0 saturated heterocycles. The van der Waals surface area contributed by atoms with Crippen LogP contribution in [-0.4, -0.2) is 26.8 Å². The minimum atomic E-state index is -4.21. The van der Waals surface area contributed by atoms with Gasteiger partial charge in [0, 0.05) is 13.0 Å². The molecular formula is C18H21F3N4O. The zero-order valence-corrected chi connectivity index (χ0v) is 14.5. The van der Waals surface area contributed by atoms with Gasteiger partial charge >= 0.3 is 6.18 Å². The first-order valence-electron chi connectivity index (χ1n) is 8.70. The Kier molecular flexibility index (Phi) is 5.29. The van der Waals surface area contributed by atoms with Gasteiger partial charge in [-0.3, -0.25) is 4.79 Å². The van der Waals surface area contributed by atoms with Crippen molar-refractivity contribution in [3.8, 4) is 0 Å². The maximum atomic E-state index is 12.9. The lowest BCUT2D eigenvalue weighted by atomic mass is 9.95. The number of alkyl halides is 3. The van der Waals surface area contributed by atoms with E-state index in [1.807, 2.05) is 37.3 Å². The fraction of sp³-hybridized carbons (Fsp3) is 0.500. The second-order valence-electron chi connectivity index (χ2n) is 6.50. The number of rotatable bonds is 5. The Morgan fingerprint density at radius 3 is 2.69 bits per heavy atom. The second kappa shape index (κ2) is 7.47. The summed E-state index contributed by atoms with van der Waals surface area (Å²) in [5.41, 5.74) is 0.934. The van der Waals surface area contributed by atoms with Crippen LogP contribution in [0.3, 0.4) is 0 Å². The number of hydrogen-bond donors (Lipinski definition) is 1. The highest BCUT2D eigenvalue weighted by Crippen LogP contribution is 2.34. The largest absolute Gasteiger partial charge is 0.392 e. The molecule has 0 spiro atoms. The average Bonchev–Trinajstić information content (AvgIpc) is 3.03. The number of hydrogen-bond acceptors (Lipinski definition) is 3. The molecule has 0 unspecified atom stereocenters. The monoisotopic (exact) mass is 366 g/mol.